The van der Waals surface area contributed by atoms with Gasteiger partial charge in [0.1, 0.15) is 0 Å². The van der Waals surface area contributed by atoms with Crippen LogP contribution in [0.1, 0.15) is 5.56 Å². The van der Waals surface area contributed by atoms with Crippen molar-refractivity contribution >= 4 is 11.4 Å². The Bertz CT molecular complexity index is 689. The monoisotopic (exact) mass is 299 g/mol. The van der Waals surface area contributed by atoms with Crippen LogP contribution in [0.15, 0.2) is 36.5 Å². The van der Waals surface area contributed by atoms with Crippen LogP contribution >= 0.6 is 0 Å². The van der Waals surface area contributed by atoms with Crippen LogP contribution in [0.3, 0.4) is 0 Å². The molecule has 0 aliphatic heterocycles. The van der Waals surface area contributed by atoms with Crippen LogP contribution in [-0.2, 0) is 6.18 Å². The van der Waals surface area contributed by atoms with Crippen molar-refractivity contribution in [2.75, 3.05) is 5.73 Å². The summed E-state index contributed by atoms with van der Waals surface area (Å²) in [7, 11) is 0. The van der Waals surface area contributed by atoms with Gasteiger partial charge < -0.3 is 10.5 Å². The second-order valence-electron chi connectivity index (χ2n) is 3.94. The van der Waals surface area contributed by atoms with E-state index in [4.69, 9.17) is 10.5 Å². The number of alkyl halides is 3. The number of halogens is 3. The summed E-state index contributed by atoms with van der Waals surface area (Å²) in [4.78, 5) is 13.7. The van der Waals surface area contributed by atoms with Crippen molar-refractivity contribution in [1.82, 2.24) is 4.98 Å². The highest BCUT2D eigenvalue weighted by Crippen LogP contribution is 2.38. The van der Waals surface area contributed by atoms with E-state index in [0.717, 1.165) is 6.07 Å². The molecule has 0 unspecified atom stereocenters. The molecule has 6 nitrogen and oxygen atoms in total. The van der Waals surface area contributed by atoms with Gasteiger partial charge in [0.05, 0.1) is 16.2 Å². The number of hydrogen-bond acceptors (Lipinski definition) is 5. The SMILES string of the molecule is Nc1cccnc1Oc1ccc(C(F)(F)F)cc1[N+](=O)[O-]. The molecule has 2 N–H and O–H groups in total. The lowest BCUT2D eigenvalue weighted by Gasteiger charge is -2.10. The fourth-order valence-corrected chi connectivity index (χ4v) is 1.52. The van der Waals surface area contributed by atoms with E-state index in [-0.39, 0.29) is 17.3 Å². The van der Waals surface area contributed by atoms with Crippen LogP contribution in [0.25, 0.3) is 0 Å². The van der Waals surface area contributed by atoms with E-state index in [0.29, 0.717) is 12.1 Å². The topological polar surface area (TPSA) is 91.3 Å². The maximum absolute atomic E-state index is 12.6. The van der Waals surface area contributed by atoms with Crippen LogP contribution in [0.5, 0.6) is 11.6 Å². The van der Waals surface area contributed by atoms with Crippen LogP contribution in [-0.4, -0.2) is 9.91 Å². The molecule has 0 saturated carbocycles. The zero-order chi connectivity index (χ0) is 15.6. The predicted octanol–water partition coefficient (Wildman–Crippen LogP) is 3.38. The van der Waals surface area contributed by atoms with Crippen molar-refractivity contribution < 1.29 is 22.8 Å². The molecule has 0 aliphatic rings. The summed E-state index contributed by atoms with van der Waals surface area (Å²) in [6.07, 6.45) is -3.35. The molecular weight excluding hydrogens is 291 g/mol. The van der Waals surface area contributed by atoms with Crippen LogP contribution in [0.4, 0.5) is 24.5 Å². The van der Waals surface area contributed by atoms with Crippen molar-refractivity contribution in [3.63, 3.8) is 0 Å². The predicted molar refractivity (Wildman–Crippen MR) is 66.8 cm³/mol. The van der Waals surface area contributed by atoms with E-state index in [2.05, 4.69) is 4.98 Å². The zero-order valence-electron chi connectivity index (χ0n) is 10.3. The van der Waals surface area contributed by atoms with Crippen molar-refractivity contribution in [3.8, 4) is 11.6 Å². The van der Waals surface area contributed by atoms with Crippen LogP contribution in [0, 0.1) is 10.1 Å². The fourth-order valence-electron chi connectivity index (χ4n) is 1.52. The van der Waals surface area contributed by atoms with Crippen LogP contribution < -0.4 is 10.5 Å². The van der Waals surface area contributed by atoms with Gasteiger partial charge in [-0.2, -0.15) is 13.2 Å². The minimum atomic E-state index is -4.69. The summed E-state index contributed by atoms with van der Waals surface area (Å²) in [5, 5.41) is 10.9. The molecule has 1 aromatic heterocycles. The third-order valence-electron chi connectivity index (χ3n) is 2.49. The first-order chi connectivity index (χ1) is 9.79. The molecule has 9 heteroatoms. The highest BCUT2D eigenvalue weighted by atomic mass is 19.4. The van der Waals surface area contributed by atoms with Gasteiger partial charge in [-0.25, -0.2) is 4.98 Å². The Morgan fingerprint density at radius 3 is 2.57 bits per heavy atom. The van der Waals surface area contributed by atoms with Gasteiger partial charge in [-0.05, 0) is 24.3 Å². The molecule has 110 valence electrons. The number of nitro benzene ring substituents is 1. The van der Waals surface area contributed by atoms with Crippen molar-refractivity contribution in [2.45, 2.75) is 6.18 Å². The van der Waals surface area contributed by atoms with Gasteiger partial charge in [-0.1, -0.05) is 0 Å². The summed E-state index contributed by atoms with van der Waals surface area (Å²) < 4.78 is 42.8. The van der Waals surface area contributed by atoms with Gasteiger partial charge in [0, 0.05) is 12.3 Å². The first-order valence-electron chi connectivity index (χ1n) is 5.53. The number of nitrogens with zero attached hydrogens (tertiary/aromatic N) is 2. The number of nitrogens with two attached hydrogens (primary N) is 1. The lowest BCUT2D eigenvalue weighted by Crippen LogP contribution is -2.06. The maximum atomic E-state index is 12.6. The number of rotatable bonds is 3. The minimum Gasteiger partial charge on any atom is -0.430 e. The van der Waals surface area contributed by atoms with Gasteiger partial charge in [-0.3, -0.25) is 10.1 Å². The number of hydrogen-bond donors (Lipinski definition) is 1. The van der Waals surface area contributed by atoms with Crippen molar-refractivity contribution in [2.24, 2.45) is 0 Å². The minimum absolute atomic E-state index is 0.103. The highest BCUT2D eigenvalue weighted by molar-refractivity contribution is 5.54. The molecule has 0 amide bonds. The molecule has 0 fully saturated rings. The fraction of sp³-hybridized carbons (Fsp3) is 0.0833. The normalized spacial score (nSPS) is 11.2. The Balaban J connectivity index is 2.45. The van der Waals surface area contributed by atoms with Crippen molar-refractivity contribution in [3.05, 3.63) is 52.2 Å². The van der Waals surface area contributed by atoms with Gasteiger partial charge in [0.2, 0.25) is 11.6 Å². The summed E-state index contributed by atoms with van der Waals surface area (Å²) in [5.41, 5.74) is 3.69. The molecule has 0 atom stereocenters. The van der Waals surface area contributed by atoms with E-state index in [1.165, 1.54) is 18.3 Å². The number of nitro groups is 1. The standard InChI is InChI=1S/C12H8F3N3O3/c13-12(14,15)7-3-4-10(9(6-7)18(19)20)21-11-8(16)2-1-5-17-11/h1-6H,16H2. The Morgan fingerprint density at radius 1 is 1.29 bits per heavy atom. The van der Waals surface area contributed by atoms with Gasteiger partial charge in [0.25, 0.3) is 0 Å². The lowest BCUT2D eigenvalue weighted by molar-refractivity contribution is -0.385. The molecule has 0 radical (unpaired) electrons. The zero-order valence-corrected chi connectivity index (χ0v) is 10.3. The summed E-state index contributed by atoms with van der Waals surface area (Å²) in [6.45, 7) is 0. The number of nitrogen functional groups attached to an aromatic ring is 1. The Labute approximate surface area is 116 Å². The number of anilines is 1. The molecule has 2 aromatic rings. The van der Waals surface area contributed by atoms with Gasteiger partial charge in [0.15, 0.2) is 0 Å². The molecule has 1 heterocycles. The summed E-state index contributed by atoms with van der Waals surface area (Å²) in [5.74, 6) is -0.501. The third kappa shape index (κ3) is 3.19. The molecule has 0 spiro atoms. The van der Waals surface area contributed by atoms with E-state index in [1.807, 2.05) is 0 Å². The second-order valence-corrected chi connectivity index (χ2v) is 3.94. The smallest absolute Gasteiger partial charge is 0.416 e. The highest BCUT2D eigenvalue weighted by Gasteiger charge is 2.33. The molecule has 2 rings (SSSR count). The third-order valence-corrected chi connectivity index (χ3v) is 2.49. The number of benzene rings is 1. The van der Waals surface area contributed by atoms with Gasteiger partial charge >= 0.3 is 11.9 Å². The maximum Gasteiger partial charge on any atom is 0.416 e. The Morgan fingerprint density at radius 2 is 2.00 bits per heavy atom. The van der Waals surface area contributed by atoms with Crippen LogP contribution in [0.2, 0.25) is 0 Å². The average Bonchev–Trinajstić information content (AvgIpc) is 2.40. The first kappa shape index (κ1) is 14.6. The molecule has 1 aromatic carbocycles. The molecule has 0 aliphatic carbocycles. The molecule has 21 heavy (non-hydrogen) atoms. The van der Waals surface area contributed by atoms with E-state index in [1.54, 1.807) is 0 Å². The largest absolute Gasteiger partial charge is 0.430 e. The first-order valence-corrected chi connectivity index (χ1v) is 5.53. The number of aromatic nitrogens is 1. The summed E-state index contributed by atoms with van der Waals surface area (Å²) in [6, 6.07) is 4.90. The molecular formula is C12H8F3N3O3. The quantitative estimate of drug-likeness (QED) is 0.693. The van der Waals surface area contributed by atoms with E-state index in [9.17, 15) is 23.3 Å². The number of ether oxygens (including phenoxy) is 1. The van der Waals surface area contributed by atoms with Gasteiger partial charge in [-0.15, -0.1) is 0 Å². The van der Waals surface area contributed by atoms with E-state index < -0.39 is 22.4 Å². The lowest BCUT2D eigenvalue weighted by atomic mass is 10.2. The number of pyridine rings is 1. The summed E-state index contributed by atoms with van der Waals surface area (Å²) >= 11 is 0. The Hall–Kier alpha value is -2.84. The van der Waals surface area contributed by atoms with Crippen molar-refractivity contribution in [1.29, 1.82) is 0 Å². The average molecular weight is 299 g/mol. The van der Waals surface area contributed by atoms with E-state index >= 15 is 0 Å². The molecule has 0 bridgehead atoms. The molecule has 0 saturated heterocycles. The Kier molecular flexibility index (Phi) is 3.66. The second kappa shape index (κ2) is 5.27.